The van der Waals surface area contributed by atoms with E-state index in [1.54, 1.807) is 6.92 Å². The predicted octanol–water partition coefficient (Wildman–Crippen LogP) is 1.34. The van der Waals surface area contributed by atoms with Crippen LogP contribution in [-0.4, -0.2) is 18.1 Å². The summed E-state index contributed by atoms with van der Waals surface area (Å²) in [6.45, 7) is 7.48. The van der Waals surface area contributed by atoms with Gasteiger partial charge in [-0.05, 0) is 19.8 Å². The largest absolute Gasteiger partial charge is 0.461 e. The molecule has 0 fully saturated rings. The maximum absolute atomic E-state index is 10.9. The highest BCUT2D eigenvalue weighted by molar-refractivity contribution is 5.85. The second-order valence-corrected chi connectivity index (χ2v) is 3.17. The van der Waals surface area contributed by atoms with Gasteiger partial charge in [0, 0.05) is 0 Å². The van der Waals surface area contributed by atoms with Crippen molar-refractivity contribution < 1.29 is 9.53 Å². The molecule has 0 rings (SSSR count). The molecule has 2 atom stereocenters. The van der Waals surface area contributed by atoms with E-state index in [0.717, 1.165) is 0 Å². The summed E-state index contributed by atoms with van der Waals surface area (Å²) in [7, 11) is 0. The Bertz CT molecular complexity index is 137. The van der Waals surface area contributed by atoms with Crippen LogP contribution in [0.4, 0.5) is 0 Å². The molecule has 0 saturated heterocycles. The summed E-state index contributed by atoms with van der Waals surface area (Å²) in [5.74, 6) is 0.0175. The minimum atomic E-state index is -0.517. The van der Waals surface area contributed by atoms with E-state index in [0.29, 0.717) is 5.92 Å². The van der Waals surface area contributed by atoms with Crippen molar-refractivity contribution in [1.29, 1.82) is 0 Å². The average Bonchev–Trinajstić information content (AvgIpc) is 1.87. The van der Waals surface area contributed by atoms with Crippen LogP contribution in [0, 0.1) is 5.92 Å². The van der Waals surface area contributed by atoms with Crippen molar-refractivity contribution in [2.24, 2.45) is 11.7 Å². The fourth-order valence-corrected chi connectivity index (χ4v) is 0.427. The molecule has 0 heterocycles. The number of nitrogens with two attached hydrogens (primary N) is 1. The van der Waals surface area contributed by atoms with E-state index in [4.69, 9.17) is 10.5 Å². The van der Waals surface area contributed by atoms with Crippen molar-refractivity contribution in [1.82, 2.24) is 0 Å². The van der Waals surface area contributed by atoms with E-state index in [1.165, 1.54) is 0 Å². The number of carbonyl (C=O) groups excluding carboxylic acids is 1. The Hall–Kier alpha value is -0.280. The maximum Gasteiger partial charge on any atom is 0.322 e. The second kappa shape index (κ2) is 6.26. The maximum atomic E-state index is 10.9. The van der Waals surface area contributed by atoms with Gasteiger partial charge in [0.1, 0.15) is 12.1 Å². The SMILES string of the molecule is CC(C)C(C)OC(=O)[C@@H](C)N.Cl. The van der Waals surface area contributed by atoms with Crippen molar-refractivity contribution in [3.63, 3.8) is 0 Å². The molecule has 0 saturated carbocycles. The molecule has 0 aliphatic heterocycles. The zero-order valence-electron chi connectivity index (χ0n) is 8.03. The first-order chi connectivity index (χ1) is 4.95. The molecule has 2 N–H and O–H groups in total. The number of rotatable bonds is 3. The van der Waals surface area contributed by atoms with E-state index in [1.807, 2.05) is 20.8 Å². The molecule has 74 valence electrons. The minimum Gasteiger partial charge on any atom is -0.461 e. The Labute approximate surface area is 80.1 Å². The van der Waals surface area contributed by atoms with Crippen molar-refractivity contribution in [3.8, 4) is 0 Å². The summed E-state index contributed by atoms with van der Waals surface area (Å²) >= 11 is 0. The van der Waals surface area contributed by atoms with Gasteiger partial charge in [0.15, 0.2) is 0 Å². The molecule has 4 heteroatoms. The monoisotopic (exact) mass is 195 g/mol. The molecular weight excluding hydrogens is 178 g/mol. The number of ether oxygens (including phenoxy) is 1. The van der Waals surface area contributed by atoms with Crippen molar-refractivity contribution >= 4 is 18.4 Å². The molecule has 3 nitrogen and oxygen atoms in total. The highest BCUT2D eigenvalue weighted by Gasteiger charge is 2.15. The Morgan fingerprint density at radius 1 is 1.25 bits per heavy atom. The lowest BCUT2D eigenvalue weighted by molar-refractivity contribution is -0.151. The van der Waals surface area contributed by atoms with E-state index in [2.05, 4.69) is 0 Å². The van der Waals surface area contributed by atoms with Gasteiger partial charge in [-0.25, -0.2) is 0 Å². The third-order valence-corrected chi connectivity index (χ3v) is 1.61. The molecule has 0 aliphatic rings. The zero-order chi connectivity index (χ0) is 9.02. The quantitative estimate of drug-likeness (QED) is 0.692. The van der Waals surface area contributed by atoms with Crippen LogP contribution in [0.15, 0.2) is 0 Å². The van der Waals surface area contributed by atoms with Gasteiger partial charge >= 0.3 is 5.97 Å². The van der Waals surface area contributed by atoms with Gasteiger partial charge < -0.3 is 10.5 Å². The number of hydrogen-bond acceptors (Lipinski definition) is 3. The molecule has 0 radical (unpaired) electrons. The van der Waals surface area contributed by atoms with Gasteiger partial charge in [0.25, 0.3) is 0 Å². The van der Waals surface area contributed by atoms with Gasteiger partial charge in [-0.3, -0.25) is 4.79 Å². The normalized spacial score (nSPS) is 14.8. The van der Waals surface area contributed by atoms with Crippen LogP contribution in [0.2, 0.25) is 0 Å². The van der Waals surface area contributed by atoms with Crippen LogP contribution in [0.25, 0.3) is 0 Å². The Balaban J connectivity index is 0. The Morgan fingerprint density at radius 2 is 1.67 bits per heavy atom. The molecule has 0 bridgehead atoms. The first kappa shape index (κ1) is 14.3. The van der Waals surface area contributed by atoms with Gasteiger partial charge in [-0.2, -0.15) is 0 Å². The summed E-state index contributed by atoms with van der Waals surface area (Å²) in [5.41, 5.74) is 5.31. The van der Waals surface area contributed by atoms with Gasteiger partial charge in [0.2, 0.25) is 0 Å². The number of esters is 1. The van der Waals surface area contributed by atoms with Crippen LogP contribution >= 0.6 is 12.4 Å². The molecule has 12 heavy (non-hydrogen) atoms. The minimum absolute atomic E-state index is 0. The predicted molar refractivity (Wildman–Crippen MR) is 51.3 cm³/mol. The van der Waals surface area contributed by atoms with Crippen molar-refractivity contribution in [3.05, 3.63) is 0 Å². The first-order valence-electron chi connectivity index (χ1n) is 3.91. The molecule has 1 unspecified atom stereocenters. The Kier molecular flexibility index (Phi) is 7.44. The standard InChI is InChI=1S/C8H17NO2.ClH/c1-5(2)7(4)11-8(10)6(3)9;/h5-7H,9H2,1-4H3;1H/t6-,7?;/m1./s1. The molecule has 0 aromatic rings. The molecular formula is C8H18ClNO2. The summed E-state index contributed by atoms with van der Waals surface area (Å²) in [6, 6.07) is -0.517. The Morgan fingerprint density at radius 3 is 1.92 bits per heavy atom. The lowest BCUT2D eigenvalue weighted by Gasteiger charge is -2.17. The number of hydrogen-bond donors (Lipinski definition) is 1. The summed E-state index contributed by atoms with van der Waals surface area (Å²) in [4.78, 5) is 10.9. The molecule has 0 aliphatic carbocycles. The van der Waals surface area contributed by atoms with Crippen LogP contribution < -0.4 is 5.73 Å². The molecule has 0 aromatic heterocycles. The number of halogens is 1. The fraction of sp³-hybridized carbons (Fsp3) is 0.875. The van der Waals surface area contributed by atoms with Crippen LogP contribution in [0.1, 0.15) is 27.7 Å². The van der Waals surface area contributed by atoms with Crippen LogP contribution in [0.5, 0.6) is 0 Å². The van der Waals surface area contributed by atoms with Gasteiger partial charge in [-0.15, -0.1) is 12.4 Å². The summed E-state index contributed by atoms with van der Waals surface area (Å²) in [6.07, 6.45) is -0.0477. The van der Waals surface area contributed by atoms with Crippen LogP contribution in [-0.2, 0) is 9.53 Å². The van der Waals surface area contributed by atoms with E-state index in [-0.39, 0.29) is 24.5 Å². The third kappa shape index (κ3) is 5.38. The highest BCUT2D eigenvalue weighted by Crippen LogP contribution is 2.05. The molecule has 0 spiro atoms. The summed E-state index contributed by atoms with van der Waals surface area (Å²) in [5, 5.41) is 0. The van der Waals surface area contributed by atoms with Crippen LogP contribution in [0.3, 0.4) is 0 Å². The topological polar surface area (TPSA) is 52.3 Å². The zero-order valence-corrected chi connectivity index (χ0v) is 8.85. The van der Waals surface area contributed by atoms with Crippen molar-refractivity contribution in [2.45, 2.75) is 39.8 Å². The smallest absolute Gasteiger partial charge is 0.322 e. The molecule has 0 amide bonds. The van der Waals surface area contributed by atoms with Gasteiger partial charge in [-0.1, -0.05) is 13.8 Å². The second-order valence-electron chi connectivity index (χ2n) is 3.17. The van der Waals surface area contributed by atoms with Gasteiger partial charge in [0.05, 0.1) is 0 Å². The summed E-state index contributed by atoms with van der Waals surface area (Å²) < 4.78 is 5.01. The lowest BCUT2D eigenvalue weighted by Crippen LogP contribution is -2.32. The number of carbonyl (C=O) groups is 1. The van der Waals surface area contributed by atoms with E-state index >= 15 is 0 Å². The average molecular weight is 196 g/mol. The highest BCUT2D eigenvalue weighted by atomic mass is 35.5. The first-order valence-corrected chi connectivity index (χ1v) is 3.91. The van der Waals surface area contributed by atoms with E-state index < -0.39 is 6.04 Å². The van der Waals surface area contributed by atoms with Crippen molar-refractivity contribution in [2.75, 3.05) is 0 Å². The fourth-order valence-electron chi connectivity index (χ4n) is 0.427. The third-order valence-electron chi connectivity index (χ3n) is 1.61. The molecule has 0 aromatic carbocycles. The van der Waals surface area contributed by atoms with E-state index in [9.17, 15) is 4.79 Å². The lowest BCUT2D eigenvalue weighted by atomic mass is 10.1.